The van der Waals surface area contributed by atoms with Gasteiger partial charge in [-0.1, -0.05) is 0 Å². The van der Waals surface area contributed by atoms with E-state index in [9.17, 15) is 4.39 Å². The van der Waals surface area contributed by atoms with Crippen molar-refractivity contribution in [2.75, 3.05) is 20.7 Å². The van der Waals surface area contributed by atoms with Crippen LogP contribution in [0.25, 0.3) is 0 Å². The van der Waals surface area contributed by atoms with E-state index in [1.165, 1.54) is 6.08 Å². The Labute approximate surface area is 78.5 Å². The molecule has 1 aliphatic rings. The lowest BCUT2D eigenvalue weighted by Crippen LogP contribution is -2.10. The van der Waals surface area contributed by atoms with Crippen molar-refractivity contribution in [2.45, 2.75) is 19.3 Å². The Hall–Kier alpha value is -0.830. The molecule has 0 atom stereocenters. The van der Waals surface area contributed by atoms with Crippen molar-refractivity contribution in [3.63, 3.8) is 0 Å². The molecule has 0 amide bonds. The first-order chi connectivity index (χ1) is 6.27. The van der Waals surface area contributed by atoms with Crippen LogP contribution in [0.4, 0.5) is 4.39 Å². The number of methoxy groups -OCH3 is 1. The van der Waals surface area contributed by atoms with Gasteiger partial charge in [-0.05, 0) is 32.0 Å². The fourth-order valence-corrected chi connectivity index (χ4v) is 1.39. The highest BCUT2D eigenvalue weighted by atomic mass is 19.1. The number of hydrogen-bond donors (Lipinski definition) is 1. The van der Waals surface area contributed by atoms with Gasteiger partial charge in [0.1, 0.15) is 5.83 Å². The van der Waals surface area contributed by atoms with Crippen LogP contribution in [0, 0.1) is 0 Å². The van der Waals surface area contributed by atoms with Crippen LogP contribution in [0.5, 0.6) is 0 Å². The summed E-state index contributed by atoms with van der Waals surface area (Å²) in [7, 11) is 3.45. The summed E-state index contributed by atoms with van der Waals surface area (Å²) in [6.45, 7) is 0.832. The van der Waals surface area contributed by atoms with Gasteiger partial charge >= 0.3 is 0 Å². The molecular formula is C10H16FNO. The van der Waals surface area contributed by atoms with Gasteiger partial charge in [-0.3, -0.25) is 0 Å². The molecule has 3 heteroatoms. The van der Waals surface area contributed by atoms with E-state index in [1.54, 1.807) is 7.11 Å². The predicted molar refractivity (Wildman–Crippen MR) is 51.0 cm³/mol. The molecule has 0 saturated heterocycles. The van der Waals surface area contributed by atoms with Gasteiger partial charge in [-0.15, -0.1) is 0 Å². The van der Waals surface area contributed by atoms with Crippen LogP contribution in [0.2, 0.25) is 0 Å². The van der Waals surface area contributed by atoms with Crippen molar-refractivity contribution >= 4 is 0 Å². The lowest BCUT2D eigenvalue weighted by atomic mass is 10.00. The molecule has 0 bridgehead atoms. The predicted octanol–water partition coefficient (Wildman–Crippen LogP) is 2.14. The van der Waals surface area contributed by atoms with Crippen LogP contribution in [-0.2, 0) is 4.74 Å². The van der Waals surface area contributed by atoms with Gasteiger partial charge in [0.05, 0.1) is 12.9 Å². The maximum Gasteiger partial charge on any atom is 0.125 e. The van der Waals surface area contributed by atoms with Crippen molar-refractivity contribution in [1.29, 1.82) is 0 Å². The molecule has 13 heavy (non-hydrogen) atoms. The van der Waals surface area contributed by atoms with E-state index in [0.29, 0.717) is 0 Å². The molecule has 0 aromatic rings. The molecule has 0 aromatic carbocycles. The molecule has 0 aliphatic heterocycles. The van der Waals surface area contributed by atoms with Gasteiger partial charge in [0, 0.05) is 12.5 Å². The van der Waals surface area contributed by atoms with Crippen molar-refractivity contribution in [3.8, 4) is 0 Å². The number of halogens is 1. The summed E-state index contributed by atoms with van der Waals surface area (Å²) in [5.41, 5.74) is 0.898. The average molecular weight is 185 g/mol. The Morgan fingerprint density at radius 3 is 2.85 bits per heavy atom. The second-order valence-electron chi connectivity index (χ2n) is 3.12. The zero-order valence-corrected chi connectivity index (χ0v) is 8.19. The van der Waals surface area contributed by atoms with Gasteiger partial charge in [-0.2, -0.15) is 0 Å². The molecule has 0 fully saturated rings. The summed E-state index contributed by atoms with van der Waals surface area (Å²) in [5, 5.41) is 3.01. The lowest BCUT2D eigenvalue weighted by Gasteiger charge is -2.15. The summed E-state index contributed by atoms with van der Waals surface area (Å²) < 4.78 is 18.3. The van der Waals surface area contributed by atoms with Crippen molar-refractivity contribution in [3.05, 3.63) is 23.2 Å². The van der Waals surface area contributed by atoms with E-state index >= 15 is 0 Å². The van der Waals surface area contributed by atoms with Crippen LogP contribution in [0.1, 0.15) is 19.3 Å². The van der Waals surface area contributed by atoms with E-state index in [2.05, 4.69) is 5.32 Å². The van der Waals surface area contributed by atoms with Gasteiger partial charge < -0.3 is 10.1 Å². The Kier molecular flexibility index (Phi) is 3.96. The number of hydrogen-bond acceptors (Lipinski definition) is 2. The van der Waals surface area contributed by atoms with Crippen LogP contribution in [0.15, 0.2) is 23.2 Å². The van der Waals surface area contributed by atoms with E-state index < -0.39 is 0 Å². The van der Waals surface area contributed by atoms with E-state index in [-0.39, 0.29) is 5.83 Å². The van der Waals surface area contributed by atoms with Crippen molar-refractivity contribution in [2.24, 2.45) is 0 Å². The fourth-order valence-electron chi connectivity index (χ4n) is 1.39. The monoisotopic (exact) mass is 185 g/mol. The van der Waals surface area contributed by atoms with Crippen LogP contribution in [-0.4, -0.2) is 20.7 Å². The lowest BCUT2D eigenvalue weighted by molar-refractivity contribution is 0.272. The second-order valence-corrected chi connectivity index (χ2v) is 3.12. The summed E-state index contributed by atoms with van der Waals surface area (Å²) >= 11 is 0. The molecule has 0 saturated carbocycles. The molecule has 0 aromatic heterocycles. The van der Waals surface area contributed by atoms with Gasteiger partial charge in [0.15, 0.2) is 0 Å². The number of allylic oxidation sites excluding steroid dienone is 3. The molecule has 1 N–H and O–H groups in total. The Morgan fingerprint density at radius 1 is 1.54 bits per heavy atom. The third-order valence-electron chi connectivity index (χ3n) is 2.24. The molecular weight excluding hydrogens is 169 g/mol. The molecule has 0 radical (unpaired) electrons. The van der Waals surface area contributed by atoms with Crippen LogP contribution in [0.3, 0.4) is 0 Å². The third kappa shape index (κ3) is 2.84. The average Bonchev–Trinajstić information content (AvgIpc) is 2.16. The van der Waals surface area contributed by atoms with Crippen LogP contribution >= 0.6 is 0 Å². The maximum absolute atomic E-state index is 13.3. The molecule has 0 unspecified atom stereocenters. The minimum Gasteiger partial charge on any atom is -0.501 e. The SMILES string of the molecule is CNCCC1=C(F)C=C(OC)CC1. The summed E-state index contributed by atoms with van der Waals surface area (Å²) in [6, 6.07) is 0. The normalized spacial score (nSPS) is 17.3. The molecule has 2 nitrogen and oxygen atoms in total. The molecule has 1 aliphatic carbocycles. The Morgan fingerprint density at radius 2 is 2.31 bits per heavy atom. The maximum atomic E-state index is 13.3. The van der Waals surface area contributed by atoms with Crippen LogP contribution < -0.4 is 5.32 Å². The number of nitrogens with one attached hydrogen (secondary N) is 1. The highest BCUT2D eigenvalue weighted by Gasteiger charge is 2.12. The summed E-state index contributed by atoms with van der Waals surface area (Å²) in [6.07, 6.45) is 3.89. The highest BCUT2D eigenvalue weighted by molar-refractivity contribution is 5.26. The van der Waals surface area contributed by atoms with E-state index in [1.807, 2.05) is 7.05 Å². The van der Waals surface area contributed by atoms with E-state index in [0.717, 1.165) is 37.1 Å². The molecule has 0 heterocycles. The number of ether oxygens (including phenoxy) is 1. The largest absolute Gasteiger partial charge is 0.501 e. The highest BCUT2D eigenvalue weighted by Crippen LogP contribution is 2.26. The minimum atomic E-state index is -0.113. The Bertz CT molecular complexity index is 233. The second kappa shape index (κ2) is 5.02. The number of rotatable bonds is 4. The fraction of sp³-hybridized carbons (Fsp3) is 0.600. The first-order valence-electron chi connectivity index (χ1n) is 4.54. The third-order valence-corrected chi connectivity index (χ3v) is 2.24. The first kappa shape index (κ1) is 10.3. The molecule has 0 spiro atoms. The Balaban J connectivity index is 2.58. The topological polar surface area (TPSA) is 21.3 Å². The molecule has 74 valence electrons. The van der Waals surface area contributed by atoms with Crippen molar-refractivity contribution in [1.82, 2.24) is 5.32 Å². The smallest absolute Gasteiger partial charge is 0.125 e. The zero-order chi connectivity index (χ0) is 9.68. The zero-order valence-electron chi connectivity index (χ0n) is 8.19. The van der Waals surface area contributed by atoms with Gasteiger partial charge in [0.2, 0.25) is 0 Å². The first-order valence-corrected chi connectivity index (χ1v) is 4.54. The quantitative estimate of drug-likeness (QED) is 0.724. The minimum absolute atomic E-state index is 0.113. The van der Waals surface area contributed by atoms with E-state index in [4.69, 9.17) is 4.74 Å². The summed E-state index contributed by atoms with van der Waals surface area (Å²) in [4.78, 5) is 0. The van der Waals surface area contributed by atoms with Gasteiger partial charge in [0.25, 0.3) is 0 Å². The van der Waals surface area contributed by atoms with Crippen molar-refractivity contribution < 1.29 is 9.13 Å². The summed E-state index contributed by atoms with van der Waals surface area (Å²) in [5.74, 6) is 0.629. The van der Waals surface area contributed by atoms with Gasteiger partial charge in [-0.25, -0.2) is 4.39 Å². The standard InChI is InChI=1S/C10H16FNO/c1-12-6-5-8-3-4-9(13-2)7-10(8)11/h7,12H,3-6H2,1-2H3. The molecule has 1 rings (SSSR count).